The summed E-state index contributed by atoms with van der Waals surface area (Å²) in [6.45, 7) is 4.72. The number of carbonyl (C=O) groups is 1. The van der Waals surface area contributed by atoms with Crippen LogP contribution in [0.2, 0.25) is 0 Å². The molecule has 0 saturated carbocycles. The van der Waals surface area contributed by atoms with Gasteiger partial charge in [0.2, 0.25) is 0 Å². The molecule has 8 heteroatoms. The van der Waals surface area contributed by atoms with E-state index in [-0.39, 0.29) is 5.91 Å². The lowest BCUT2D eigenvalue weighted by Crippen LogP contribution is -2.17. The Morgan fingerprint density at radius 1 is 1.20 bits per heavy atom. The second kappa shape index (κ2) is 10.2. The SMILES string of the molecule is Cc1nn(CCCCCCN)c2cc(C(=O)Nc3cc4[nH]c([C@H]5CCCN5C)cc4cn3)ccc12. The van der Waals surface area contributed by atoms with Crippen LogP contribution in [0.25, 0.3) is 21.8 Å². The molecule has 184 valence electrons. The number of H-pyrrole nitrogens is 1. The van der Waals surface area contributed by atoms with Crippen molar-refractivity contribution in [3.63, 3.8) is 0 Å². The molecule has 4 heterocycles. The molecule has 1 amide bonds. The number of unbranched alkanes of at least 4 members (excludes halogenated alkanes) is 3. The van der Waals surface area contributed by atoms with Crippen molar-refractivity contribution in [3.05, 3.63) is 53.5 Å². The molecule has 0 bridgehead atoms. The van der Waals surface area contributed by atoms with Gasteiger partial charge in [0.15, 0.2) is 0 Å². The predicted molar refractivity (Wildman–Crippen MR) is 141 cm³/mol. The number of nitrogens with zero attached hydrogens (tertiary/aromatic N) is 4. The number of pyridine rings is 1. The number of aromatic nitrogens is 4. The van der Waals surface area contributed by atoms with Crippen molar-refractivity contribution in [2.45, 2.75) is 58.0 Å². The van der Waals surface area contributed by atoms with E-state index in [0.29, 0.717) is 17.4 Å². The molecule has 5 rings (SSSR count). The molecule has 1 aliphatic rings. The Labute approximate surface area is 205 Å². The fourth-order valence-corrected chi connectivity index (χ4v) is 5.20. The topological polar surface area (TPSA) is 105 Å². The summed E-state index contributed by atoms with van der Waals surface area (Å²) in [6, 6.07) is 10.3. The standard InChI is InChI=1S/C27H35N7O/c1-18-21-10-9-19(15-25(21)34(32-18)13-6-4-3-5-11-28)27(35)31-26-16-22-20(17-29-26)14-23(30-22)24-8-7-12-33(24)2/h9-10,14-17,24,30H,3-8,11-13,28H2,1-2H3,(H,29,31,35)/t24-/m1/s1. The molecular formula is C27H35N7O. The quantitative estimate of drug-likeness (QED) is 0.304. The average molecular weight is 474 g/mol. The van der Waals surface area contributed by atoms with Crippen molar-refractivity contribution in [1.29, 1.82) is 0 Å². The first-order valence-corrected chi connectivity index (χ1v) is 12.7. The van der Waals surface area contributed by atoms with E-state index in [4.69, 9.17) is 10.8 Å². The van der Waals surface area contributed by atoms with Crippen LogP contribution >= 0.6 is 0 Å². The number of nitrogens with two attached hydrogens (primary N) is 1. The molecule has 4 N–H and O–H groups in total. The van der Waals surface area contributed by atoms with Crippen LogP contribution in [0.15, 0.2) is 36.5 Å². The van der Waals surface area contributed by atoms with Gasteiger partial charge in [0.25, 0.3) is 5.91 Å². The zero-order valence-corrected chi connectivity index (χ0v) is 20.7. The molecule has 3 aromatic heterocycles. The summed E-state index contributed by atoms with van der Waals surface area (Å²) in [5.74, 6) is 0.370. The lowest BCUT2D eigenvalue weighted by atomic mass is 10.1. The smallest absolute Gasteiger partial charge is 0.256 e. The molecule has 1 aromatic carbocycles. The van der Waals surface area contributed by atoms with Gasteiger partial charge in [-0.25, -0.2) is 4.98 Å². The Morgan fingerprint density at radius 3 is 2.86 bits per heavy atom. The monoisotopic (exact) mass is 473 g/mol. The lowest BCUT2D eigenvalue weighted by Gasteiger charge is -2.17. The number of benzene rings is 1. The fourth-order valence-electron chi connectivity index (χ4n) is 5.20. The van der Waals surface area contributed by atoms with Crippen LogP contribution in [-0.4, -0.2) is 50.7 Å². The second-order valence-electron chi connectivity index (χ2n) is 9.72. The van der Waals surface area contributed by atoms with Gasteiger partial charge in [0, 0.05) is 46.9 Å². The average Bonchev–Trinajstić information content (AvgIpc) is 3.55. The number of aromatic amines is 1. The van der Waals surface area contributed by atoms with E-state index in [0.717, 1.165) is 79.2 Å². The van der Waals surface area contributed by atoms with Gasteiger partial charge in [0.05, 0.1) is 16.7 Å². The van der Waals surface area contributed by atoms with Gasteiger partial charge < -0.3 is 16.0 Å². The fraction of sp³-hybridized carbons (Fsp3) is 0.444. The molecule has 0 unspecified atom stereocenters. The van der Waals surface area contributed by atoms with E-state index >= 15 is 0 Å². The number of likely N-dealkylation sites (tertiary alicyclic amines) is 1. The van der Waals surface area contributed by atoms with Crippen molar-refractivity contribution in [3.8, 4) is 0 Å². The second-order valence-corrected chi connectivity index (χ2v) is 9.72. The van der Waals surface area contributed by atoms with Gasteiger partial charge in [-0.1, -0.05) is 18.9 Å². The summed E-state index contributed by atoms with van der Waals surface area (Å²) in [7, 11) is 2.17. The molecule has 0 radical (unpaired) electrons. The van der Waals surface area contributed by atoms with Gasteiger partial charge in [-0.3, -0.25) is 14.4 Å². The van der Waals surface area contributed by atoms with Crippen LogP contribution < -0.4 is 11.1 Å². The molecule has 0 spiro atoms. The highest BCUT2D eigenvalue weighted by molar-refractivity contribution is 6.06. The molecule has 1 aliphatic heterocycles. The highest BCUT2D eigenvalue weighted by Crippen LogP contribution is 2.32. The number of nitrogens with one attached hydrogen (secondary N) is 2. The normalized spacial score (nSPS) is 16.5. The number of fused-ring (bicyclic) bond motifs is 2. The minimum absolute atomic E-state index is 0.172. The van der Waals surface area contributed by atoms with Crippen LogP contribution in [0.5, 0.6) is 0 Å². The third kappa shape index (κ3) is 4.94. The van der Waals surface area contributed by atoms with Crippen molar-refractivity contribution >= 4 is 33.5 Å². The van der Waals surface area contributed by atoms with Crippen molar-refractivity contribution in [2.75, 3.05) is 25.5 Å². The maximum Gasteiger partial charge on any atom is 0.256 e. The first-order valence-electron chi connectivity index (χ1n) is 12.7. The number of hydrogen-bond donors (Lipinski definition) is 3. The Kier molecular flexibility index (Phi) is 6.83. The summed E-state index contributed by atoms with van der Waals surface area (Å²) in [4.78, 5) is 23.5. The maximum atomic E-state index is 13.1. The minimum atomic E-state index is -0.172. The van der Waals surface area contributed by atoms with Crippen LogP contribution in [0.4, 0.5) is 5.82 Å². The third-order valence-electron chi connectivity index (χ3n) is 7.17. The Morgan fingerprint density at radius 2 is 2.06 bits per heavy atom. The Hall–Kier alpha value is -3.23. The van der Waals surface area contributed by atoms with E-state index < -0.39 is 0 Å². The van der Waals surface area contributed by atoms with E-state index in [9.17, 15) is 4.79 Å². The number of anilines is 1. The molecular weight excluding hydrogens is 438 g/mol. The van der Waals surface area contributed by atoms with Crippen LogP contribution in [0.3, 0.4) is 0 Å². The molecule has 1 atom stereocenters. The molecule has 1 saturated heterocycles. The third-order valence-corrected chi connectivity index (χ3v) is 7.17. The molecule has 1 fully saturated rings. The van der Waals surface area contributed by atoms with Gasteiger partial charge in [-0.2, -0.15) is 5.10 Å². The van der Waals surface area contributed by atoms with Crippen LogP contribution in [0, 0.1) is 6.92 Å². The highest BCUT2D eigenvalue weighted by Gasteiger charge is 2.24. The largest absolute Gasteiger partial charge is 0.357 e. The van der Waals surface area contributed by atoms with E-state index in [1.165, 1.54) is 12.1 Å². The lowest BCUT2D eigenvalue weighted by molar-refractivity contribution is 0.102. The molecule has 4 aromatic rings. The highest BCUT2D eigenvalue weighted by atomic mass is 16.1. The molecule has 8 nitrogen and oxygen atoms in total. The van der Waals surface area contributed by atoms with Crippen molar-refractivity contribution in [2.24, 2.45) is 5.73 Å². The van der Waals surface area contributed by atoms with Gasteiger partial charge in [-0.05, 0) is 70.9 Å². The number of rotatable bonds is 9. The first kappa shape index (κ1) is 23.5. The minimum Gasteiger partial charge on any atom is -0.357 e. The zero-order chi connectivity index (χ0) is 24.4. The van der Waals surface area contributed by atoms with E-state index in [2.05, 4.69) is 33.3 Å². The van der Waals surface area contributed by atoms with E-state index in [1.807, 2.05) is 42.1 Å². The number of amides is 1. The number of carbonyl (C=O) groups excluding carboxylic acids is 1. The maximum absolute atomic E-state index is 13.1. The van der Waals surface area contributed by atoms with Gasteiger partial charge in [0.1, 0.15) is 5.82 Å². The van der Waals surface area contributed by atoms with Gasteiger partial charge in [-0.15, -0.1) is 0 Å². The Bertz CT molecular complexity index is 1340. The summed E-state index contributed by atoms with van der Waals surface area (Å²) < 4.78 is 2.02. The Balaban J connectivity index is 1.31. The van der Waals surface area contributed by atoms with E-state index in [1.54, 1.807) is 0 Å². The van der Waals surface area contributed by atoms with Gasteiger partial charge >= 0.3 is 0 Å². The predicted octanol–water partition coefficient (Wildman–Crippen LogP) is 4.76. The summed E-state index contributed by atoms with van der Waals surface area (Å²) in [5.41, 5.74) is 10.4. The van der Waals surface area contributed by atoms with Crippen LogP contribution in [-0.2, 0) is 6.54 Å². The summed E-state index contributed by atoms with van der Waals surface area (Å²) in [6.07, 6.45) is 8.57. The molecule has 0 aliphatic carbocycles. The number of aryl methyl sites for hydroxylation is 2. The van der Waals surface area contributed by atoms with Crippen molar-refractivity contribution in [1.82, 2.24) is 24.6 Å². The van der Waals surface area contributed by atoms with Crippen LogP contribution in [0.1, 0.15) is 66.3 Å². The zero-order valence-electron chi connectivity index (χ0n) is 20.7. The summed E-state index contributed by atoms with van der Waals surface area (Å²) >= 11 is 0. The first-order chi connectivity index (χ1) is 17.0. The summed E-state index contributed by atoms with van der Waals surface area (Å²) in [5, 5.41) is 9.82. The van der Waals surface area contributed by atoms with Crippen molar-refractivity contribution < 1.29 is 4.79 Å². The molecule has 35 heavy (non-hydrogen) atoms. The number of hydrogen-bond acceptors (Lipinski definition) is 5.